The quantitative estimate of drug-likeness (QED) is 0.791. The SMILES string of the molecule is CCC(=O)c1cccc(NC(=O)CNC)c1.Cl. The van der Waals surface area contributed by atoms with Gasteiger partial charge in [-0.15, -0.1) is 12.4 Å². The Labute approximate surface area is 107 Å². The molecule has 0 spiro atoms. The number of carbonyl (C=O) groups is 2. The molecule has 0 atom stereocenters. The van der Waals surface area contributed by atoms with Crippen molar-refractivity contribution in [3.8, 4) is 0 Å². The van der Waals surface area contributed by atoms with Crippen LogP contribution in [0, 0.1) is 0 Å². The number of rotatable bonds is 5. The number of halogens is 1. The van der Waals surface area contributed by atoms with E-state index in [0.717, 1.165) is 0 Å². The van der Waals surface area contributed by atoms with Crippen LogP contribution in [0.2, 0.25) is 0 Å². The second kappa shape index (κ2) is 7.81. The number of Topliss-reactive ketones (excluding diaryl/α,β-unsaturated/α-hetero) is 1. The molecule has 0 heterocycles. The van der Waals surface area contributed by atoms with E-state index in [4.69, 9.17) is 0 Å². The van der Waals surface area contributed by atoms with Gasteiger partial charge < -0.3 is 10.6 Å². The Morgan fingerprint density at radius 1 is 1.29 bits per heavy atom. The minimum atomic E-state index is -0.122. The second-order valence-electron chi connectivity index (χ2n) is 3.44. The Bertz CT molecular complexity index is 394. The van der Waals surface area contributed by atoms with Crippen LogP contribution in [0.1, 0.15) is 23.7 Å². The highest BCUT2D eigenvalue weighted by atomic mass is 35.5. The smallest absolute Gasteiger partial charge is 0.238 e. The summed E-state index contributed by atoms with van der Waals surface area (Å²) in [6, 6.07) is 6.97. The maximum Gasteiger partial charge on any atom is 0.238 e. The Balaban J connectivity index is 0.00000256. The van der Waals surface area contributed by atoms with E-state index in [9.17, 15) is 9.59 Å². The molecule has 1 rings (SSSR count). The van der Waals surface area contributed by atoms with Crippen molar-refractivity contribution in [1.29, 1.82) is 0 Å². The average Bonchev–Trinajstić information content (AvgIpc) is 2.28. The number of likely N-dealkylation sites (N-methyl/N-ethyl adjacent to an activating group) is 1. The summed E-state index contributed by atoms with van der Waals surface area (Å²) in [5.74, 6) is -0.0479. The van der Waals surface area contributed by atoms with Crippen LogP contribution in [0.5, 0.6) is 0 Å². The van der Waals surface area contributed by atoms with E-state index in [-0.39, 0.29) is 30.6 Å². The molecule has 0 aliphatic heterocycles. The Morgan fingerprint density at radius 2 is 2.00 bits per heavy atom. The third kappa shape index (κ3) is 4.97. The van der Waals surface area contributed by atoms with Crippen LogP contribution in [0.4, 0.5) is 5.69 Å². The molecule has 0 saturated heterocycles. The molecule has 1 aromatic carbocycles. The van der Waals surface area contributed by atoms with Gasteiger partial charge in [0.1, 0.15) is 0 Å². The third-order valence-electron chi connectivity index (χ3n) is 2.13. The topological polar surface area (TPSA) is 58.2 Å². The summed E-state index contributed by atoms with van der Waals surface area (Å²) in [6.07, 6.45) is 0.466. The van der Waals surface area contributed by atoms with Gasteiger partial charge in [-0.25, -0.2) is 0 Å². The molecule has 0 saturated carbocycles. The van der Waals surface area contributed by atoms with Crippen LogP contribution >= 0.6 is 12.4 Å². The molecule has 4 nitrogen and oxygen atoms in total. The number of carbonyl (C=O) groups excluding carboxylic acids is 2. The lowest BCUT2D eigenvalue weighted by Crippen LogP contribution is -2.25. The van der Waals surface area contributed by atoms with Gasteiger partial charge in [-0.3, -0.25) is 9.59 Å². The molecule has 1 aromatic rings. The predicted octanol–water partition coefficient (Wildman–Crippen LogP) is 1.86. The second-order valence-corrected chi connectivity index (χ2v) is 3.44. The number of amides is 1. The van der Waals surface area contributed by atoms with Crippen molar-refractivity contribution in [3.63, 3.8) is 0 Å². The van der Waals surface area contributed by atoms with Crippen LogP contribution in [0.15, 0.2) is 24.3 Å². The lowest BCUT2D eigenvalue weighted by molar-refractivity contribution is -0.115. The standard InChI is InChI=1S/C12H16N2O2.ClH/c1-3-11(15)9-5-4-6-10(7-9)14-12(16)8-13-2;/h4-7,13H,3,8H2,1-2H3,(H,14,16);1H. The normalized spacial score (nSPS) is 9.29. The first kappa shape index (κ1) is 15.6. The first-order valence-corrected chi connectivity index (χ1v) is 5.25. The summed E-state index contributed by atoms with van der Waals surface area (Å²) in [6.45, 7) is 2.07. The van der Waals surface area contributed by atoms with E-state index >= 15 is 0 Å². The van der Waals surface area contributed by atoms with Crippen molar-refractivity contribution in [3.05, 3.63) is 29.8 Å². The van der Waals surface area contributed by atoms with E-state index < -0.39 is 0 Å². The van der Waals surface area contributed by atoms with Crippen molar-refractivity contribution in [2.24, 2.45) is 0 Å². The largest absolute Gasteiger partial charge is 0.325 e. The molecular formula is C12H17ClN2O2. The van der Waals surface area contributed by atoms with Gasteiger partial charge in [0.05, 0.1) is 6.54 Å². The van der Waals surface area contributed by atoms with E-state index in [1.165, 1.54) is 0 Å². The van der Waals surface area contributed by atoms with Crippen LogP contribution in [-0.4, -0.2) is 25.3 Å². The summed E-state index contributed by atoms with van der Waals surface area (Å²) >= 11 is 0. The molecule has 0 aromatic heterocycles. The zero-order valence-electron chi connectivity index (χ0n) is 9.95. The van der Waals surface area contributed by atoms with E-state index in [1.54, 1.807) is 31.3 Å². The van der Waals surface area contributed by atoms with Crippen molar-refractivity contribution in [2.45, 2.75) is 13.3 Å². The molecule has 1 amide bonds. The van der Waals surface area contributed by atoms with Gasteiger partial charge in [-0.1, -0.05) is 19.1 Å². The van der Waals surface area contributed by atoms with Gasteiger partial charge in [0.2, 0.25) is 5.91 Å². The highest BCUT2D eigenvalue weighted by Crippen LogP contribution is 2.12. The third-order valence-corrected chi connectivity index (χ3v) is 2.13. The average molecular weight is 257 g/mol. The fraction of sp³-hybridized carbons (Fsp3) is 0.333. The van der Waals surface area contributed by atoms with E-state index in [0.29, 0.717) is 17.7 Å². The molecular weight excluding hydrogens is 240 g/mol. The zero-order chi connectivity index (χ0) is 12.0. The predicted molar refractivity (Wildman–Crippen MR) is 70.9 cm³/mol. The van der Waals surface area contributed by atoms with E-state index in [2.05, 4.69) is 10.6 Å². The van der Waals surface area contributed by atoms with Gasteiger partial charge in [0.15, 0.2) is 5.78 Å². The number of hydrogen-bond acceptors (Lipinski definition) is 3. The highest BCUT2D eigenvalue weighted by Gasteiger charge is 2.05. The van der Waals surface area contributed by atoms with Gasteiger partial charge in [-0.05, 0) is 19.2 Å². The molecule has 2 N–H and O–H groups in total. The lowest BCUT2D eigenvalue weighted by Gasteiger charge is -2.06. The fourth-order valence-corrected chi connectivity index (χ4v) is 1.34. The maximum atomic E-state index is 11.5. The van der Waals surface area contributed by atoms with Crippen molar-refractivity contribution in [1.82, 2.24) is 5.32 Å². The first-order valence-electron chi connectivity index (χ1n) is 5.25. The van der Waals surface area contributed by atoms with Crippen LogP contribution in [-0.2, 0) is 4.79 Å². The van der Waals surface area contributed by atoms with Gasteiger partial charge in [-0.2, -0.15) is 0 Å². The Morgan fingerprint density at radius 3 is 2.59 bits per heavy atom. The van der Waals surface area contributed by atoms with Crippen LogP contribution in [0.3, 0.4) is 0 Å². The molecule has 0 aliphatic carbocycles. The van der Waals surface area contributed by atoms with Crippen LogP contribution in [0.25, 0.3) is 0 Å². The Kier molecular flexibility index (Phi) is 7.18. The van der Waals surface area contributed by atoms with E-state index in [1.807, 2.05) is 6.92 Å². The molecule has 0 aliphatic rings. The minimum absolute atomic E-state index is 0. The van der Waals surface area contributed by atoms with Crippen molar-refractivity contribution in [2.75, 3.05) is 18.9 Å². The van der Waals surface area contributed by atoms with Gasteiger partial charge >= 0.3 is 0 Å². The van der Waals surface area contributed by atoms with Gasteiger partial charge in [0.25, 0.3) is 0 Å². The lowest BCUT2D eigenvalue weighted by atomic mass is 10.1. The summed E-state index contributed by atoms with van der Waals surface area (Å²) in [5, 5.41) is 5.47. The molecule has 17 heavy (non-hydrogen) atoms. The monoisotopic (exact) mass is 256 g/mol. The summed E-state index contributed by atoms with van der Waals surface area (Å²) in [7, 11) is 1.70. The molecule has 0 radical (unpaired) electrons. The Hall–Kier alpha value is -1.39. The molecule has 94 valence electrons. The maximum absolute atomic E-state index is 11.5. The fourth-order valence-electron chi connectivity index (χ4n) is 1.34. The first-order chi connectivity index (χ1) is 7.67. The summed E-state index contributed by atoms with van der Waals surface area (Å²) in [4.78, 5) is 22.8. The molecule has 0 fully saturated rings. The molecule has 0 bridgehead atoms. The summed E-state index contributed by atoms with van der Waals surface area (Å²) in [5.41, 5.74) is 1.28. The van der Waals surface area contributed by atoms with Crippen LogP contribution < -0.4 is 10.6 Å². The van der Waals surface area contributed by atoms with Crippen molar-refractivity contribution >= 4 is 29.8 Å². The minimum Gasteiger partial charge on any atom is -0.325 e. The summed E-state index contributed by atoms with van der Waals surface area (Å²) < 4.78 is 0. The number of benzene rings is 1. The zero-order valence-corrected chi connectivity index (χ0v) is 10.8. The number of anilines is 1. The van der Waals surface area contributed by atoms with Crippen molar-refractivity contribution < 1.29 is 9.59 Å². The number of nitrogens with one attached hydrogen (secondary N) is 2. The van der Waals surface area contributed by atoms with Gasteiger partial charge in [0, 0.05) is 17.7 Å². The number of ketones is 1. The number of hydrogen-bond donors (Lipinski definition) is 2. The molecule has 5 heteroatoms. The highest BCUT2D eigenvalue weighted by molar-refractivity contribution is 5.98. The molecule has 0 unspecified atom stereocenters.